The number of hydrogen-bond acceptors (Lipinski definition) is 2. The van der Waals surface area contributed by atoms with E-state index in [0.717, 1.165) is 11.1 Å². The Kier molecular flexibility index (Phi) is 6.57. The normalized spacial score (nSPS) is 15.4. The van der Waals surface area contributed by atoms with Crippen molar-refractivity contribution in [1.82, 2.24) is 15.1 Å². The summed E-state index contributed by atoms with van der Waals surface area (Å²) in [4.78, 5) is 28.7. The highest BCUT2D eigenvalue weighted by Crippen LogP contribution is 2.24. The Balaban J connectivity index is 1.70. The smallest absolute Gasteiger partial charge is 0.318 e. The van der Waals surface area contributed by atoms with Crippen LogP contribution >= 0.6 is 11.6 Å². The highest BCUT2D eigenvalue weighted by Gasteiger charge is 2.27. The van der Waals surface area contributed by atoms with E-state index in [9.17, 15) is 9.59 Å². The summed E-state index contributed by atoms with van der Waals surface area (Å²) in [5, 5.41) is 3.81. The van der Waals surface area contributed by atoms with Crippen molar-refractivity contribution in [2.24, 2.45) is 5.92 Å². The average Bonchev–Trinajstić information content (AvgIpc) is 2.72. The zero-order chi connectivity index (χ0) is 20.1. The van der Waals surface area contributed by atoms with Crippen LogP contribution < -0.4 is 5.32 Å². The van der Waals surface area contributed by atoms with Crippen LogP contribution in [0.3, 0.4) is 0 Å². The molecule has 1 atom stereocenters. The van der Waals surface area contributed by atoms with Gasteiger partial charge in [0.15, 0.2) is 0 Å². The van der Waals surface area contributed by atoms with Crippen LogP contribution in [0.25, 0.3) is 0 Å². The van der Waals surface area contributed by atoms with E-state index < -0.39 is 0 Å². The number of piperazine rings is 1. The van der Waals surface area contributed by atoms with Crippen molar-refractivity contribution in [2.45, 2.75) is 19.9 Å². The molecule has 2 aromatic carbocycles. The first-order valence-electron chi connectivity index (χ1n) is 9.60. The summed E-state index contributed by atoms with van der Waals surface area (Å²) in [6, 6.07) is 17.0. The second kappa shape index (κ2) is 9.11. The summed E-state index contributed by atoms with van der Waals surface area (Å²) in [7, 11) is 0. The summed E-state index contributed by atoms with van der Waals surface area (Å²) in [5.41, 5.74) is 1.98. The van der Waals surface area contributed by atoms with Gasteiger partial charge in [-0.2, -0.15) is 0 Å². The van der Waals surface area contributed by atoms with E-state index in [1.807, 2.05) is 73.3 Å². The van der Waals surface area contributed by atoms with Gasteiger partial charge in [0, 0.05) is 37.1 Å². The molecule has 0 bridgehead atoms. The van der Waals surface area contributed by atoms with Crippen molar-refractivity contribution >= 4 is 23.5 Å². The van der Waals surface area contributed by atoms with Gasteiger partial charge in [0.05, 0.1) is 6.04 Å². The number of carbonyl (C=O) groups is 2. The summed E-state index contributed by atoms with van der Waals surface area (Å²) in [5.74, 6) is 0.121. The predicted molar refractivity (Wildman–Crippen MR) is 111 cm³/mol. The fraction of sp³-hybridized carbons (Fsp3) is 0.364. The lowest BCUT2D eigenvalue weighted by Crippen LogP contribution is -2.54. The third-order valence-corrected chi connectivity index (χ3v) is 5.23. The SMILES string of the molecule is CC(C)C(=O)N1CCN(C(=O)N[C@H](c2ccccc2)c2ccc(Cl)cc2)CC1. The van der Waals surface area contributed by atoms with Crippen LogP contribution in [0.4, 0.5) is 4.79 Å². The minimum atomic E-state index is -0.263. The molecule has 1 aliphatic rings. The second-order valence-electron chi connectivity index (χ2n) is 7.31. The van der Waals surface area contributed by atoms with Crippen LogP contribution in [-0.2, 0) is 4.79 Å². The van der Waals surface area contributed by atoms with Gasteiger partial charge in [-0.3, -0.25) is 4.79 Å². The Labute approximate surface area is 171 Å². The van der Waals surface area contributed by atoms with Gasteiger partial charge in [-0.15, -0.1) is 0 Å². The zero-order valence-electron chi connectivity index (χ0n) is 16.3. The van der Waals surface area contributed by atoms with E-state index in [1.54, 1.807) is 4.90 Å². The number of amides is 3. The van der Waals surface area contributed by atoms with Gasteiger partial charge in [0.1, 0.15) is 0 Å². The van der Waals surface area contributed by atoms with Gasteiger partial charge in [0.25, 0.3) is 0 Å². The van der Waals surface area contributed by atoms with E-state index in [2.05, 4.69) is 5.32 Å². The van der Waals surface area contributed by atoms with Gasteiger partial charge in [-0.25, -0.2) is 4.79 Å². The second-order valence-corrected chi connectivity index (χ2v) is 7.75. The molecule has 0 unspecified atom stereocenters. The number of urea groups is 1. The number of hydrogen-bond donors (Lipinski definition) is 1. The van der Waals surface area contributed by atoms with Gasteiger partial charge >= 0.3 is 6.03 Å². The van der Waals surface area contributed by atoms with Crippen molar-refractivity contribution in [1.29, 1.82) is 0 Å². The molecule has 0 spiro atoms. The first-order chi connectivity index (χ1) is 13.5. The summed E-state index contributed by atoms with van der Waals surface area (Å²) in [6.07, 6.45) is 0. The maximum Gasteiger partial charge on any atom is 0.318 e. The maximum atomic E-state index is 12.9. The molecule has 3 rings (SSSR count). The number of nitrogens with zero attached hydrogens (tertiary/aromatic N) is 2. The van der Waals surface area contributed by atoms with E-state index >= 15 is 0 Å². The fourth-order valence-electron chi connectivity index (χ4n) is 3.37. The molecule has 1 saturated heterocycles. The Bertz CT molecular complexity index is 800. The summed E-state index contributed by atoms with van der Waals surface area (Å²) in [6.45, 7) is 6.01. The van der Waals surface area contributed by atoms with Crippen LogP contribution in [-0.4, -0.2) is 47.9 Å². The molecule has 5 nitrogen and oxygen atoms in total. The third kappa shape index (κ3) is 4.84. The first kappa shape index (κ1) is 20.2. The van der Waals surface area contributed by atoms with Crippen LogP contribution in [0, 0.1) is 5.92 Å². The van der Waals surface area contributed by atoms with Crippen LogP contribution in [0.2, 0.25) is 5.02 Å². The minimum absolute atomic E-state index is 0.0206. The third-order valence-electron chi connectivity index (χ3n) is 4.98. The van der Waals surface area contributed by atoms with Gasteiger partial charge in [-0.05, 0) is 23.3 Å². The van der Waals surface area contributed by atoms with E-state index in [4.69, 9.17) is 11.6 Å². The molecule has 0 aromatic heterocycles. The minimum Gasteiger partial charge on any atom is -0.339 e. The molecule has 6 heteroatoms. The standard InChI is InChI=1S/C22H26ClN3O2/c1-16(2)21(27)25-12-14-26(15-13-25)22(28)24-20(17-6-4-3-5-7-17)18-8-10-19(23)11-9-18/h3-11,16,20H,12-15H2,1-2H3,(H,24,28)/t20-/m1/s1. The van der Waals surface area contributed by atoms with Crippen molar-refractivity contribution in [3.8, 4) is 0 Å². The summed E-state index contributed by atoms with van der Waals surface area (Å²) < 4.78 is 0. The molecule has 0 saturated carbocycles. The first-order valence-corrected chi connectivity index (χ1v) is 9.98. The van der Waals surface area contributed by atoms with Crippen LogP contribution in [0.15, 0.2) is 54.6 Å². The maximum absolute atomic E-state index is 12.9. The predicted octanol–water partition coefficient (Wildman–Crippen LogP) is 3.94. The lowest BCUT2D eigenvalue weighted by molar-refractivity contribution is -0.135. The van der Waals surface area contributed by atoms with E-state index in [-0.39, 0.29) is 23.9 Å². The van der Waals surface area contributed by atoms with Crippen molar-refractivity contribution in [3.63, 3.8) is 0 Å². The zero-order valence-corrected chi connectivity index (χ0v) is 17.0. The molecule has 1 heterocycles. The highest BCUT2D eigenvalue weighted by molar-refractivity contribution is 6.30. The molecule has 0 radical (unpaired) electrons. The topological polar surface area (TPSA) is 52.7 Å². The average molecular weight is 400 g/mol. The molecule has 1 N–H and O–H groups in total. The molecule has 148 valence electrons. The van der Waals surface area contributed by atoms with E-state index in [1.165, 1.54) is 0 Å². The lowest BCUT2D eigenvalue weighted by atomic mass is 9.99. The van der Waals surface area contributed by atoms with Crippen LogP contribution in [0.5, 0.6) is 0 Å². The Morgan fingerprint density at radius 3 is 1.96 bits per heavy atom. The highest BCUT2D eigenvalue weighted by atomic mass is 35.5. The molecule has 1 fully saturated rings. The largest absolute Gasteiger partial charge is 0.339 e. The van der Waals surface area contributed by atoms with Crippen molar-refractivity contribution in [3.05, 3.63) is 70.7 Å². The monoisotopic (exact) mass is 399 g/mol. The number of rotatable bonds is 4. The number of carbonyl (C=O) groups excluding carboxylic acids is 2. The van der Waals surface area contributed by atoms with Crippen molar-refractivity contribution in [2.75, 3.05) is 26.2 Å². The molecule has 2 aromatic rings. The molecular formula is C22H26ClN3O2. The Hall–Kier alpha value is -2.53. The Morgan fingerprint density at radius 2 is 1.39 bits per heavy atom. The molecular weight excluding hydrogens is 374 g/mol. The quantitative estimate of drug-likeness (QED) is 0.846. The van der Waals surface area contributed by atoms with Crippen molar-refractivity contribution < 1.29 is 9.59 Å². The van der Waals surface area contributed by atoms with Gasteiger partial charge < -0.3 is 15.1 Å². The fourth-order valence-corrected chi connectivity index (χ4v) is 3.50. The molecule has 1 aliphatic heterocycles. The Morgan fingerprint density at radius 1 is 0.857 bits per heavy atom. The lowest BCUT2D eigenvalue weighted by Gasteiger charge is -2.36. The molecule has 0 aliphatic carbocycles. The van der Waals surface area contributed by atoms with Gasteiger partial charge in [0.2, 0.25) is 5.91 Å². The molecule has 28 heavy (non-hydrogen) atoms. The number of benzene rings is 2. The number of halogens is 1. The summed E-state index contributed by atoms with van der Waals surface area (Å²) >= 11 is 6.02. The number of nitrogens with one attached hydrogen (secondary N) is 1. The van der Waals surface area contributed by atoms with Crippen LogP contribution in [0.1, 0.15) is 31.0 Å². The molecule has 3 amide bonds. The van der Waals surface area contributed by atoms with E-state index in [0.29, 0.717) is 31.2 Å². The van der Waals surface area contributed by atoms with Gasteiger partial charge in [-0.1, -0.05) is 67.9 Å².